The molecule has 1 saturated heterocycles. The van der Waals surface area contributed by atoms with Crippen molar-refractivity contribution in [3.8, 4) is 0 Å². The average Bonchev–Trinajstić information content (AvgIpc) is 2.19. The van der Waals surface area contributed by atoms with Gasteiger partial charge in [0.2, 0.25) is 5.79 Å². The Balaban J connectivity index is 2.03. The quantitative estimate of drug-likeness (QED) is 0.639. The zero-order valence-electron chi connectivity index (χ0n) is 7.59. The predicted octanol–water partition coefficient (Wildman–Crippen LogP) is 0.413. The smallest absolute Gasteiger partial charge is 0.211 e. The van der Waals surface area contributed by atoms with Crippen molar-refractivity contribution in [2.45, 2.75) is 12.1 Å². The van der Waals surface area contributed by atoms with Crippen LogP contribution in [0, 0.1) is 0 Å². The van der Waals surface area contributed by atoms with Crippen molar-refractivity contribution in [1.82, 2.24) is 0 Å². The molecule has 0 bridgehead atoms. The second kappa shape index (κ2) is 3.67. The molecule has 0 aliphatic carbocycles. The van der Waals surface area contributed by atoms with Crippen molar-refractivity contribution < 1.29 is 19.7 Å². The topological polar surface area (TPSA) is 58.9 Å². The van der Waals surface area contributed by atoms with Gasteiger partial charge in [-0.3, -0.25) is 0 Å². The lowest BCUT2D eigenvalue weighted by Gasteiger charge is -2.32. The molecule has 0 spiro atoms. The number of rotatable bonds is 1. The van der Waals surface area contributed by atoms with Crippen LogP contribution in [0.15, 0.2) is 30.3 Å². The van der Waals surface area contributed by atoms with Gasteiger partial charge in [-0.15, -0.1) is 0 Å². The molecule has 0 atom stereocenters. The van der Waals surface area contributed by atoms with Gasteiger partial charge in [-0.2, -0.15) is 0 Å². The van der Waals surface area contributed by atoms with E-state index in [2.05, 4.69) is 0 Å². The second-order valence-corrected chi connectivity index (χ2v) is 3.35. The highest BCUT2D eigenvalue weighted by Crippen LogP contribution is 2.25. The first-order valence-electron chi connectivity index (χ1n) is 4.40. The highest BCUT2D eigenvalue weighted by atomic mass is 16.7. The zero-order chi connectivity index (χ0) is 10.0. The lowest BCUT2D eigenvalue weighted by Crippen LogP contribution is -2.44. The van der Waals surface area contributed by atoms with E-state index in [0.29, 0.717) is 0 Å². The minimum Gasteiger partial charge on any atom is -0.362 e. The van der Waals surface area contributed by atoms with Crippen LogP contribution < -0.4 is 0 Å². The Morgan fingerprint density at radius 3 is 2.21 bits per heavy atom. The average molecular weight is 196 g/mol. The summed E-state index contributed by atoms with van der Waals surface area (Å²) in [6.45, 7) is -0.265. The first-order valence-corrected chi connectivity index (χ1v) is 4.40. The molecule has 4 nitrogen and oxygen atoms in total. The summed E-state index contributed by atoms with van der Waals surface area (Å²) in [5.74, 6) is -1.86. The Kier molecular flexibility index (Phi) is 2.52. The third kappa shape index (κ3) is 2.10. The molecule has 2 N–H and O–H groups in total. The van der Waals surface area contributed by atoms with E-state index in [0.717, 1.165) is 5.56 Å². The molecule has 1 aliphatic rings. The summed E-state index contributed by atoms with van der Waals surface area (Å²) in [5.41, 5.74) is 0.878. The Labute approximate surface area is 81.7 Å². The van der Waals surface area contributed by atoms with Gasteiger partial charge in [0.1, 0.15) is 13.2 Å². The predicted molar refractivity (Wildman–Crippen MR) is 48.3 cm³/mol. The largest absolute Gasteiger partial charge is 0.362 e. The summed E-state index contributed by atoms with van der Waals surface area (Å²) in [5, 5.41) is 18.3. The van der Waals surface area contributed by atoms with Crippen LogP contribution in [0.25, 0.3) is 0 Å². The van der Waals surface area contributed by atoms with E-state index in [9.17, 15) is 0 Å². The van der Waals surface area contributed by atoms with Gasteiger partial charge in [-0.25, -0.2) is 0 Å². The lowest BCUT2D eigenvalue weighted by atomic mass is 10.2. The van der Waals surface area contributed by atoms with Crippen LogP contribution >= 0.6 is 0 Å². The third-order valence-electron chi connectivity index (χ3n) is 2.00. The molecule has 1 heterocycles. The summed E-state index contributed by atoms with van der Waals surface area (Å²) in [6.07, 6.45) is -0.497. The van der Waals surface area contributed by atoms with Gasteiger partial charge in [-0.05, 0) is 0 Å². The molecule has 76 valence electrons. The molecule has 0 amide bonds. The van der Waals surface area contributed by atoms with Gasteiger partial charge >= 0.3 is 0 Å². The van der Waals surface area contributed by atoms with E-state index in [4.69, 9.17) is 19.7 Å². The fourth-order valence-corrected chi connectivity index (χ4v) is 1.31. The minimum atomic E-state index is -1.86. The monoisotopic (exact) mass is 196 g/mol. The molecular formula is C10H12O4. The van der Waals surface area contributed by atoms with Gasteiger partial charge in [0.25, 0.3) is 0 Å². The van der Waals surface area contributed by atoms with E-state index >= 15 is 0 Å². The minimum absolute atomic E-state index is 0.132. The van der Waals surface area contributed by atoms with E-state index < -0.39 is 12.1 Å². The van der Waals surface area contributed by atoms with Gasteiger partial charge in [0, 0.05) is 5.56 Å². The van der Waals surface area contributed by atoms with Crippen LogP contribution in [-0.2, 0) is 9.47 Å². The van der Waals surface area contributed by atoms with Crippen molar-refractivity contribution in [3.05, 3.63) is 35.9 Å². The molecule has 1 aromatic carbocycles. The van der Waals surface area contributed by atoms with Gasteiger partial charge in [-0.1, -0.05) is 30.3 Å². The summed E-state index contributed by atoms with van der Waals surface area (Å²) >= 11 is 0. The molecule has 2 rings (SSSR count). The molecule has 1 aromatic rings. The maximum Gasteiger partial charge on any atom is 0.211 e. The van der Waals surface area contributed by atoms with Crippen molar-refractivity contribution >= 4 is 0 Å². The van der Waals surface area contributed by atoms with Crippen molar-refractivity contribution in [1.29, 1.82) is 0 Å². The Hall–Kier alpha value is -0.940. The fraction of sp³-hybridized carbons (Fsp3) is 0.400. The summed E-state index contributed by atoms with van der Waals surface area (Å²) in [7, 11) is 0. The number of hydrogen-bond acceptors (Lipinski definition) is 4. The van der Waals surface area contributed by atoms with Crippen LogP contribution in [0.5, 0.6) is 0 Å². The Bertz CT molecular complexity index is 286. The molecular weight excluding hydrogens is 184 g/mol. The fourth-order valence-electron chi connectivity index (χ4n) is 1.31. The van der Waals surface area contributed by atoms with E-state index in [1.54, 1.807) is 0 Å². The molecule has 0 radical (unpaired) electrons. The molecule has 1 aliphatic heterocycles. The third-order valence-corrected chi connectivity index (χ3v) is 2.00. The second-order valence-electron chi connectivity index (χ2n) is 3.35. The van der Waals surface area contributed by atoms with Crippen LogP contribution in [-0.4, -0.2) is 29.2 Å². The lowest BCUT2D eigenvalue weighted by molar-refractivity contribution is -0.323. The highest BCUT2D eigenvalue weighted by molar-refractivity contribution is 5.16. The molecule has 0 unspecified atom stereocenters. The molecule has 1 fully saturated rings. The van der Waals surface area contributed by atoms with Crippen molar-refractivity contribution in [2.24, 2.45) is 0 Å². The SMILES string of the molecule is OC1(O)COC(c2ccccc2)OC1. The summed E-state index contributed by atoms with van der Waals surface area (Å²) in [6, 6.07) is 9.39. The van der Waals surface area contributed by atoms with Crippen molar-refractivity contribution in [2.75, 3.05) is 13.2 Å². The number of hydrogen-bond donors (Lipinski definition) is 2. The van der Waals surface area contributed by atoms with E-state index in [1.807, 2.05) is 30.3 Å². The maximum absolute atomic E-state index is 9.14. The van der Waals surface area contributed by atoms with Crippen LogP contribution in [0.1, 0.15) is 11.9 Å². The number of ether oxygens (including phenoxy) is 2. The van der Waals surface area contributed by atoms with Crippen LogP contribution in [0.2, 0.25) is 0 Å². The first-order chi connectivity index (χ1) is 6.67. The normalized spacial score (nSPS) is 22.1. The van der Waals surface area contributed by atoms with E-state index in [-0.39, 0.29) is 13.2 Å². The van der Waals surface area contributed by atoms with Crippen LogP contribution in [0.3, 0.4) is 0 Å². The van der Waals surface area contributed by atoms with Crippen molar-refractivity contribution in [3.63, 3.8) is 0 Å². The molecule has 0 aromatic heterocycles. The van der Waals surface area contributed by atoms with E-state index in [1.165, 1.54) is 0 Å². The summed E-state index contributed by atoms with van der Waals surface area (Å²) < 4.78 is 10.3. The highest BCUT2D eigenvalue weighted by Gasteiger charge is 2.32. The van der Waals surface area contributed by atoms with Crippen LogP contribution in [0.4, 0.5) is 0 Å². The first kappa shape index (κ1) is 9.61. The molecule has 14 heavy (non-hydrogen) atoms. The number of aliphatic hydroxyl groups is 2. The van der Waals surface area contributed by atoms with Gasteiger partial charge in [0.15, 0.2) is 6.29 Å². The Morgan fingerprint density at radius 2 is 1.64 bits per heavy atom. The maximum atomic E-state index is 9.14. The van der Waals surface area contributed by atoms with Gasteiger partial charge < -0.3 is 19.7 Å². The standard InChI is InChI=1S/C10H12O4/c11-10(12)6-13-9(14-7-10)8-4-2-1-3-5-8/h1-5,9,11-12H,6-7H2. The number of benzene rings is 1. The molecule has 4 heteroatoms. The zero-order valence-corrected chi connectivity index (χ0v) is 7.59. The summed E-state index contributed by atoms with van der Waals surface area (Å²) in [4.78, 5) is 0. The van der Waals surface area contributed by atoms with Gasteiger partial charge in [0.05, 0.1) is 0 Å². The Morgan fingerprint density at radius 1 is 1.07 bits per heavy atom. The molecule has 0 saturated carbocycles.